The third kappa shape index (κ3) is 7.09. The van der Waals surface area contributed by atoms with Gasteiger partial charge >= 0.3 is 12.1 Å². The van der Waals surface area contributed by atoms with E-state index in [1.54, 1.807) is 7.05 Å². The van der Waals surface area contributed by atoms with Gasteiger partial charge in [-0.3, -0.25) is 14.9 Å². The van der Waals surface area contributed by atoms with E-state index in [-0.39, 0.29) is 26.0 Å². The second kappa shape index (κ2) is 12.0. The summed E-state index contributed by atoms with van der Waals surface area (Å²) in [5.41, 5.74) is 3.60. The lowest BCUT2D eigenvalue weighted by Crippen LogP contribution is -2.56. The van der Waals surface area contributed by atoms with Gasteiger partial charge < -0.3 is 20.9 Å². The maximum Gasteiger partial charge on any atom is 0.490 e. The number of carbonyl (C=O) groups excluding carboxylic acids is 1. The molecule has 1 amide bonds. The standard InChI is InChI=1S/C16H24N4O6S.C2HF3O2/c1-18-9-12-26-11-8-16(15(17)21)7-4-10-19(16)27(24,25)14-6-3-2-5-13(14)20(22)23;3-2(4,5)1(6)7/h2-3,5-6,18H,4,7-12H2,1H3,(H2,17,21);(H,6,7). The molecule has 0 radical (unpaired) electrons. The molecule has 1 aromatic carbocycles. The number of primary amides is 1. The van der Waals surface area contributed by atoms with Crippen molar-refractivity contribution in [3.63, 3.8) is 0 Å². The highest BCUT2D eigenvalue weighted by Crippen LogP contribution is 2.39. The van der Waals surface area contributed by atoms with Crippen molar-refractivity contribution in [1.29, 1.82) is 0 Å². The van der Waals surface area contributed by atoms with Gasteiger partial charge in [0.25, 0.3) is 15.7 Å². The Bertz CT molecular complexity index is 990. The average molecular weight is 514 g/mol. The third-order valence-corrected chi connectivity index (χ3v) is 6.93. The first-order chi connectivity index (χ1) is 15.7. The molecule has 0 aliphatic carbocycles. The van der Waals surface area contributed by atoms with Crippen LogP contribution in [0, 0.1) is 10.1 Å². The summed E-state index contributed by atoms with van der Waals surface area (Å²) in [7, 11) is -2.52. The monoisotopic (exact) mass is 514 g/mol. The lowest BCUT2D eigenvalue weighted by atomic mass is 9.93. The highest BCUT2D eigenvalue weighted by molar-refractivity contribution is 7.89. The van der Waals surface area contributed by atoms with E-state index >= 15 is 0 Å². The molecule has 1 heterocycles. The first kappa shape index (κ1) is 29.2. The van der Waals surface area contributed by atoms with Crippen LogP contribution in [0.15, 0.2) is 29.2 Å². The van der Waals surface area contributed by atoms with Crippen LogP contribution in [0.3, 0.4) is 0 Å². The van der Waals surface area contributed by atoms with Crippen molar-refractivity contribution < 1.29 is 45.9 Å². The molecule has 2 rings (SSSR count). The van der Waals surface area contributed by atoms with Crippen LogP contribution < -0.4 is 11.1 Å². The number of nitrogens with one attached hydrogen (secondary N) is 1. The van der Waals surface area contributed by atoms with Crippen LogP contribution in [0.5, 0.6) is 0 Å². The molecule has 1 fully saturated rings. The molecular formula is C18H25F3N4O8S. The zero-order chi connectivity index (χ0) is 26.2. The maximum atomic E-state index is 13.2. The van der Waals surface area contributed by atoms with Crippen LogP contribution in [0.1, 0.15) is 19.3 Å². The summed E-state index contributed by atoms with van der Waals surface area (Å²) in [5.74, 6) is -3.54. The van der Waals surface area contributed by atoms with Crippen molar-refractivity contribution in [2.45, 2.75) is 35.9 Å². The van der Waals surface area contributed by atoms with Crippen molar-refractivity contribution in [3.05, 3.63) is 34.4 Å². The van der Waals surface area contributed by atoms with E-state index in [2.05, 4.69) is 5.32 Å². The molecule has 34 heavy (non-hydrogen) atoms. The molecule has 1 saturated heterocycles. The van der Waals surface area contributed by atoms with E-state index in [9.17, 15) is 36.5 Å². The summed E-state index contributed by atoms with van der Waals surface area (Å²) in [6.45, 7) is 1.23. The number of para-hydroxylation sites is 1. The SMILES string of the molecule is CNCCOCCC1(C(N)=O)CCCN1S(=O)(=O)c1ccccc1[N+](=O)[O-].O=C(O)C(F)(F)F. The van der Waals surface area contributed by atoms with Gasteiger partial charge in [0.1, 0.15) is 5.54 Å². The number of hydrogen-bond acceptors (Lipinski definition) is 8. The third-order valence-electron chi connectivity index (χ3n) is 4.92. The van der Waals surface area contributed by atoms with Crippen molar-refractivity contribution in [3.8, 4) is 0 Å². The number of nitrogens with two attached hydrogens (primary N) is 1. The summed E-state index contributed by atoms with van der Waals surface area (Å²) in [5, 5.41) is 21.3. The Balaban J connectivity index is 0.000000718. The molecule has 1 aliphatic rings. The predicted molar refractivity (Wildman–Crippen MR) is 111 cm³/mol. The van der Waals surface area contributed by atoms with Crippen LogP contribution in [0.4, 0.5) is 18.9 Å². The minimum atomic E-state index is -5.08. The van der Waals surface area contributed by atoms with Crippen LogP contribution in [-0.2, 0) is 24.3 Å². The van der Waals surface area contributed by atoms with E-state index in [4.69, 9.17) is 20.4 Å². The van der Waals surface area contributed by atoms with Crippen LogP contribution in [0.25, 0.3) is 0 Å². The summed E-state index contributed by atoms with van der Waals surface area (Å²) in [6.07, 6.45) is -4.32. The molecule has 192 valence electrons. The number of alkyl halides is 3. The lowest BCUT2D eigenvalue weighted by Gasteiger charge is -2.34. The molecule has 4 N–H and O–H groups in total. The van der Waals surface area contributed by atoms with Gasteiger partial charge in [-0.05, 0) is 32.4 Å². The molecule has 16 heteroatoms. The second-order valence-electron chi connectivity index (χ2n) is 7.07. The van der Waals surface area contributed by atoms with Crippen molar-refractivity contribution in [1.82, 2.24) is 9.62 Å². The number of carboxylic acids is 1. The van der Waals surface area contributed by atoms with E-state index < -0.39 is 49.1 Å². The number of carbonyl (C=O) groups is 2. The Morgan fingerprint density at radius 2 is 1.91 bits per heavy atom. The highest BCUT2D eigenvalue weighted by Gasteiger charge is 2.52. The summed E-state index contributed by atoms with van der Waals surface area (Å²) < 4.78 is 64.5. The first-order valence-corrected chi connectivity index (χ1v) is 11.2. The van der Waals surface area contributed by atoms with Crippen LogP contribution in [0.2, 0.25) is 0 Å². The molecule has 0 saturated carbocycles. The van der Waals surface area contributed by atoms with Crippen molar-refractivity contribution in [2.24, 2.45) is 5.73 Å². The number of likely N-dealkylation sites (N-methyl/N-ethyl adjacent to an activating group) is 1. The minimum absolute atomic E-state index is 0.0633. The number of nitrogens with zero attached hydrogens (tertiary/aromatic N) is 2. The lowest BCUT2D eigenvalue weighted by molar-refractivity contribution is -0.387. The van der Waals surface area contributed by atoms with Gasteiger partial charge in [-0.2, -0.15) is 17.5 Å². The Kier molecular flexibility index (Phi) is 10.4. The number of aliphatic carboxylic acids is 1. The average Bonchev–Trinajstić information content (AvgIpc) is 3.19. The quantitative estimate of drug-likeness (QED) is 0.232. The van der Waals surface area contributed by atoms with E-state index in [0.717, 1.165) is 10.4 Å². The zero-order valence-electron chi connectivity index (χ0n) is 18.1. The van der Waals surface area contributed by atoms with Crippen molar-refractivity contribution >= 4 is 27.6 Å². The maximum absolute atomic E-state index is 13.2. The summed E-state index contributed by atoms with van der Waals surface area (Å²) in [4.78, 5) is 31.2. The largest absolute Gasteiger partial charge is 0.490 e. The number of benzene rings is 1. The number of halogens is 3. The van der Waals surface area contributed by atoms with Gasteiger partial charge in [0.05, 0.1) is 11.5 Å². The van der Waals surface area contributed by atoms with Gasteiger partial charge in [-0.1, -0.05) is 12.1 Å². The Hall–Kier alpha value is -2.82. The van der Waals surface area contributed by atoms with Crippen LogP contribution in [-0.4, -0.2) is 79.7 Å². The van der Waals surface area contributed by atoms with Crippen molar-refractivity contribution in [2.75, 3.05) is 33.4 Å². The number of sulfonamides is 1. The second-order valence-corrected chi connectivity index (χ2v) is 8.90. The highest BCUT2D eigenvalue weighted by atomic mass is 32.2. The molecular weight excluding hydrogens is 489 g/mol. The number of ether oxygens (including phenoxy) is 1. The molecule has 1 atom stereocenters. The van der Waals surface area contributed by atoms with E-state index in [1.807, 2.05) is 0 Å². The number of carboxylic acid groups (broad SMARTS) is 1. The van der Waals surface area contributed by atoms with E-state index in [1.165, 1.54) is 18.2 Å². The summed E-state index contributed by atoms with van der Waals surface area (Å²) in [6, 6.07) is 5.08. The summed E-state index contributed by atoms with van der Waals surface area (Å²) >= 11 is 0. The number of rotatable bonds is 10. The van der Waals surface area contributed by atoms with Gasteiger partial charge in [0, 0.05) is 25.8 Å². The first-order valence-electron chi connectivity index (χ1n) is 9.80. The predicted octanol–water partition coefficient (Wildman–Crippen LogP) is 0.863. The topological polar surface area (TPSA) is 182 Å². The number of nitro benzene ring substituents is 1. The molecule has 1 aliphatic heterocycles. The minimum Gasteiger partial charge on any atom is -0.475 e. The fourth-order valence-corrected chi connectivity index (χ4v) is 5.28. The van der Waals surface area contributed by atoms with E-state index in [0.29, 0.717) is 19.6 Å². The van der Waals surface area contributed by atoms with Gasteiger partial charge in [0.15, 0.2) is 4.90 Å². The Morgan fingerprint density at radius 1 is 1.32 bits per heavy atom. The Morgan fingerprint density at radius 3 is 2.41 bits per heavy atom. The zero-order valence-corrected chi connectivity index (χ0v) is 18.9. The molecule has 0 aromatic heterocycles. The molecule has 0 bridgehead atoms. The fraction of sp³-hybridized carbons (Fsp3) is 0.556. The molecule has 1 aromatic rings. The molecule has 0 spiro atoms. The van der Waals surface area contributed by atoms with Gasteiger partial charge in [-0.15, -0.1) is 0 Å². The number of hydrogen-bond donors (Lipinski definition) is 3. The van der Waals surface area contributed by atoms with Crippen LogP contribution >= 0.6 is 0 Å². The molecule has 12 nitrogen and oxygen atoms in total. The fourth-order valence-electron chi connectivity index (χ4n) is 3.29. The Labute approximate surface area is 193 Å². The molecule has 1 unspecified atom stereocenters. The smallest absolute Gasteiger partial charge is 0.475 e. The normalized spacial score (nSPS) is 18.7. The number of amides is 1. The van der Waals surface area contributed by atoms with Gasteiger partial charge in [0.2, 0.25) is 5.91 Å². The van der Waals surface area contributed by atoms with Gasteiger partial charge in [-0.25, -0.2) is 13.2 Å². The number of nitro groups is 1.